The normalized spacial score (nSPS) is 9.69. The third-order valence-electron chi connectivity index (χ3n) is 2.04. The Kier molecular flexibility index (Phi) is 3.96. The van der Waals surface area contributed by atoms with Crippen LogP contribution in [0.1, 0.15) is 5.56 Å². The Balaban J connectivity index is 2.72. The largest absolute Gasteiger partial charge is 0.333 e. The Hall–Kier alpha value is -1.95. The standard InChI is InChI=1S/C10H12FN3O2/c1-14(10(16)9(15)13-12)6-7-4-2-3-5-8(7)11/h2-5H,6,12H2,1H3,(H,13,15). The number of nitrogens with zero attached hydrogens (tertiary/aromatic N) is 1. The lowest BCUT2D eigenvalue weighted by molar-refractivity contribution is -0.145. The molecule has 6 heteroatoms. The molecule has 0 atom stereocenters. The summed E-state index contributed by atoms with van der Waals surface area (Å²) in [5, 5.41) is 0. The second kappa shape index (κ2) is 5.22. The summed E-state index contributed by atoms with van der Waals surface area (Å²) in [4.78, 5) is 23.3. The molecule has 0 aromatic heterocycles. The predicted molar refractivity (Wildman–Crippen MR) is 55.2 cm³/mol. The van der Waals surface area contributed by atoms with Crippen molar-refractivity contribution in [2.24, 2.45) is 5.84 Å². The Morgan fingerprint density at radius 2 is 2.06 bits per heavy atom. The molecule has 2 amide bonds. The lowest BCUT2D eigenvalue weighted by Crippen LogP contribution is -2.43. The summed E-state index contributed by atoms with van der Waals surface area (Å²) in [6.45, 7) is 0.0128. The third kappa shape index (κ3) is 2.77. The Morgan fingerprint density at radius 3 is 2.62 bits per heavy atom. The first-order valence-electron chi connectivity index (χ1n) is 4.55. The maximum atomic E-state index is 13.2. The van der Waals surface area contributed by atoms with E-state index in [0.717, 1.165) is 4.90 Å². The van der Waals surface area contributed by atoms with Gasteiger partial charge in [0.15, 0.2) is 0 Å². The van der Waals surface area contributed by atoms with Crippen molar-refractivity contribution < 1.29 is 14.0 Å². The summed E-state index contributed by atoms with van der Waals surface area (Å²) in [6.07, 6.45) is 0. The SMILES string of the molecule is CN(Cc1ccccc1F)C(=O)C(=O)NN. The van der Waals surface area contributed by atoms with E-state index in [4.69, 9.17) is 5.84 Å². The zero-order valence-electron chi connectivity index (χ0n) is 8.74. The maximum absolute atomic E-state index is 13.2. The average Bonchev–Trinajstić information content (AvgIpc) is 2.30. The van der Waals surface area contributed by atoms with Crippen LogP contribution in [0.25, 0.3) is 0 Å². The summed E-state index contributed by atoms with van der Waals surface area (Å²) in [6, 6.07) is 6.03. The van der Waals surface area contributed by atoms with E-state index in [1.165, 1.54) is 13.1 Å². The highest BCUT2D eigenvalue weighted by atomic mass is 19.1. The zero-order valence-corrected chi connectivity index (χ0v) is 8.74. The van der Waals surface area contributed by atoms with Gasteiger partial charge in [0, 0.05) is 19.2 Å². The van der Waals surface area contributed by atoms with Crippen molar-refractivity contribution in [3.05, 3.63) is 35.6 Å². The number of nitrogens with two attached hydrogens (primary N) is 1. The number of likely N-dealkylation sites (N-methyl/N-ethyl adjacent to an activating group) is 1. The van der Waals surface area contributed by atoms with Gasteiger partial charge in [0.25, 0.3) is 0 Å². The van der Waals surface area contributed by atoms with Crippen LogP contribution in [0, 0.1) is 5.82 Å². The summed E-state index contributed by atoms with van der Waals surface area (Å²) >= 11 is 0. The predicted octanol–water partition coefficient (Wildman–Crippen LogP) is -0.226. The minimum Gasteiger partial charge on any atom is -0.333 e. The molecular formula is C10H12FN3O2. The average molecular weight is 225 g/mol. The number of benzene rings is 1. The van der Waals surface area contributed by atoms with Crippen LogP contribution in [-0.2, 0) is 16.1 Å². The quantitative estimate of drug-likeness (QED) is 0.316. The van der Waals surface area contributed by atoms with Gasteiger partial charge in [-0.2, -0.15) is 0 Å². The van der Waals surface area contributed by atoms with Gasteiger partial charge in [-0.05, 0) is 6.07 Å². The van der Waals surface area contributed by atoms with Crippen LogP contribution in [0.5, 0.6) is 0 Å². The van der Waals surface area contributed by atoms with Crippen molar-refractivity contribution in [2.75, 3.05) is 7.05 Å². The highest BCUT2D eigenvalue weighted by Gasteiger charge is 2.18. The van der Waals surface area contributed by atoms with E-state index in [1.807, 2.05) is 0 Å². The minimum absolute atomic E-state index is 0.0128. The molecule has 0 aliphatic heterocycles. The molecule has 0 heterocycles. The maximum Gasteiger partial charge on any atom is 0.323 e. The first-order chi connectivity index (χ1) is 7.56. The molecule has 0 radical (unpaired) electrons. The molecule has 3 N–H and O–H groups in total. The molecule has 0 aliphatic carbocycles. The Morgan fingerprint density at radius 1 is 1.44 bits per heavy atom. The number of halogens is 1. The van der Waals surface area contributed by atoms with E-state index < -0.39 is 17.6 Å². The molecule has 16 heavy (non-hydrogen) atoms. The monoisotopic (exact) mass is 225 g/mol. The second-order valence-electron chi connectivity index (χ2n) is 3.23. The number of amides is 2. The van der Waals surface area contributed by atoms with E-state index in [2.05, 4.69) is 0 Å². The zero-order chi connectivity index (χ0) is 12.1. The molecule has 0 saturated heterocycles. The Labute approximate surface area is 92.0 Å². The molecule has 0 unspecified atom stereocenters. The van der Waals surface area contributed by atoms with Crippen LogP contribution >= 0.6 is 0 Å². The topological polar surface area (TPSA) is 75.4 Å². The molecule has 1 aromatic carbocycles. The van der Waals surface area contributed by atoms with E-state index >= 15 is 0 Å². The number of rotatable bonds is 2. The summed E-state index contributed by atoms with van der Waals surface area (Å²) in [5.74, 6) is 2.65. The van der Waals surface area contributed by atoms with Gasteiger partial charge in [0.1, 0.15) is 5.82 Å². The van der Waals surface area contributed by atoms with Gasteiger partial charge in [-0.3, -0.25) is 15.0 Å². The van der Waals surface area contributed by atoms with E-state index in [0.29, 0.717) is 5.56 Å². The van der Waals surface area contributed by atoms with Gasteiger partial charge in [-0.25, -0.2) is 10.2 Å². The van der Waals surface area contributed by atoms with Crippen LogP contribution in [0.4, 0.5) is 4.39 Å². The number of carbonyl (C=O) groups is 2. The molecular weight excluding hydrogens is 213 g/mol. The molecule has 0 spiro atoms. The van der Waals surface area contributed by atoms with Crippen molar-refractivity contribution in [2.45, 2.75) is 6.54 Å². The van der Waals surface area contributed by atoms with Crippen molar-refractivity contribution in [3.8, 4) is 0 Å². The van der Waals surface area contributed by atoms with Crippen molar-refractivity contribution in [3.63, 3.8) is 0 Å². The summed E-state index contributed by atoms with van der Waals surface area (Å²) in [5.41, 5.74) is 2.06. The molecule has 0 bridgehead atoms. The number of hydrazine groups is 1. The van der Waals surface area contributed by atoms with E-state index in [9.17, 15) is 14.0 Å². The number of carbonyl (C=O) groups excluding carboxylic acids is 2. The van der Waals surface area contributed by atoms with Crippen molar-refractivity contribution in [1.82, 2.24) is 10.3 Å². The van der Waals surface area contributed by atoms with Crippen LogP contribution in [0.15, 0.2) is 24.3 Å². The van der Waals surface area contributed by atoms with Gasteiger partial charge in [0.05, 0.1) is 0 Å². The van der Waals surface area contributed by atoms with Crippen LogP contribution in [0.2, 0.25) is 0 Å². The molecule has 5 nitrogen and oxygen atoms in total. The summed E-state index contributed by atoms with van der Waals surface area (Å²) in [7, 11) is 1.39. The number of nitrogens with one attached hydrogen (secondary N) is 1. The highest BCUT2D eigenvalue weighted by Crippen LogP contribution is 2.08. The molecule has 0 fully saturated rings. The van der Waals surface area contributed by atoms with Gasteiger partial charge in [0.2, 0.25) is 0 Å². The van der Waals surface area contributed by atoms with Crippen molar-refractivity contribution >= 4 is 11.8 Å². The van der Waals surface area contributed by atoms with Gasteiger partial charge < -0.3 is 4.90 Å². The van der Waals surface area contributed by atoms with Crippen LogP contribution in [0.3, 0.4) is 0 Å². The summed E-state index contributed by atoms with van der Waals surface area (Å²) < 4.78 is 13.2. The second-order valence-corrected chi connectivity index (χ2v) is 3.23. The van der Waals surface area contributed by atoms with Gasteiger partial charge in [-0.1, -0.05) is 18.2 Å². The lowest BCUT2D eigenvalue weighted by atomic mass is 10.2. The number of hydrogen-bond donors (Lipinski definition) is 2. The van der Waals surface area contributed by atoms with E-state index in [1.54, 1.807) is 23.6 Å². The van der Waals surface area contributed by atoms with Gasteiger partial charge >= 0.3 is 11.8 Å². The van der Waals surface area contributed by atoms with Crippen molar-refractivity contribution in [1.29, 1.82) is 0 Å². The molecule has 0 aliphatic rings. The fraction of sp³-hybridized carbons (Fsp3) is 0.200. The highest BCUT2D eigenvalue weighted by molar-refractivity contribution is 6.34. The third-order valence-corrected chi connectivity index (χ3v) is 2.04. The molecule has 0 saturated carbocycles. The fourth-order valence-electron chi connectivity index (χ4n) is 1.19. The first kappa shape index (κ1) is 12.1. The van der Waals surface area contributed by atoms with Crippen LogP contribution in [-0.4, -0.2) is 23.8 Å². The van der Waals surface area contributed by atoms with E-state index in [-0.39, 0.29) is 6.54 Å². The molecule has 1 rings (SSSR count). The van der Waals surface area contributed by atoms with Gasteiger partial charge in [-0.15, -0.1) is 0 Å². The smallest absolute Gasteiger partial charge is 0.323 e. The van der Waals surface area contributed by atoms with Crippen LogP contribution < -0.4 is 11.3 Å². The molecule has 1 aromatic rings. The Bertz CT molecular complexity index is 409. The first-order valence-corrected chi connectivity index (χ1v) is 4.55. The number of hydrogen-bond acceptors (Lipinski definition) is 3. The molecule has 86 valence electrons. The minimum atomic E-state index is -0.932. The lowest BCUT2D eigenvalue weighted by Gasteiger charge is -2.16. The fourth-order valence-corrected chi connectivity index (χ4v) is 1.19.